The van der Waals surface area contributed by atoms with Crippen LogP contribution in [-0.2, 0) is 19.5 Å². The number of carbonyl (C=O) groups excluding carboxylic acids is 1. The van der Waals surface area contributed by atoms with Crippen LogP contribution in [0.15, 0.2) is 42.6 Å². The summed E-state index contributed by atoms with van der Waals surface area (Å²) in [6.45, 7) is 7.45. The number of benzene rings is 1. The van der Waals surface area contributed by atoms with Gasteiger partial charge in [-0.1, -0.05) is 19.1 Å². The summed E-state index contributed by atoms with van der Waals surface area (Å²) >= 11 is 0. The number of hydrogen-bond donors (Lipinski definition) is 1. The lowest BCUT2D eigenvalue weighted by Crippen LogP contribution is -2.26. The number of carbonyl (C=O) groups is 1. The van der Waals surface area contributed by atoms with E-state index in [-0.39, 0.29) is 5.91 Å². The van der Waals surface area contributed by atoms with Crippen LogP contribution in [0, 0.1) is 6.92 Å². The van der Waals surface area contributed by atoms with Crippen molar-refractivity contribution < 1.29 is 4.79 Å². The van der Waals surface area contributed by atoms with Gasteiger partial charge in [-0.2, -0.15) is 0 Å². The zero-order chi connectivity index (χ0) is 17.1. The van der Waals surface area contributed by atoms with Crippen molar-refractivity contribution in [2.45, 2.75) is 40.3 Å². The quantitative estimate of drug-likeness (QED) is 0.776. The first-order chi connectivity index (χ1) is 11.7. The second-order valence-corrected chi connectivity index (χ2v) is 5.93. The molecule has 0 unspecified atom stereocenters. The van der Waals surface area contributed by atoms with Crippen LogP contribution in [0.25, 0.3) is 10.9 Å². The molecule has 4 heteroatoms. The Morgan fingerprint density at radius 2 is 2.04 bits per heavy atom. The molecule has 2 heterocycles. The van der Waals surface area contributed by atoms with Crippen molar-refractivity contribution in [3.8, 4) is 0 Å². The molecule has 0 aliphatic heterocycles. The number of aromatic nitrogens is 2. The summed E-state index contributed by atoms with van der Waals surface area (Å²) in [6, 6.07) is 12.2. The largest absolute Gasteiger partial charge is 0.345 e. The lowest BCUT2D eigenvalue weighted by Gasteiger charge is -2.09. The Kier molecular flexibility index (Phi) is 4.65. The first-order valence-corrected chi connectivity index (χ1v) is 8.45. The van der Waals surface area contributed by atoms with Crippen LogP contribution in [0.3, 0.4) is 0 Å². The molecule has 0 bridgehead atoms. The normalized spacial score (nSPS) is 11.0. The van der Waals surface area contributed by atoms with E-state index >= 15 is 0 Å². The Hall–Kier alpha value is -2.62. The summed E-state index contributed by atoms with van der Waals surface area (Å²) in [6.07, 6.45) is 2.73. The van der Waals surface area contributed by atoms with Crippen molar-refractivity contribution in [1.82, 2.24) is 14.9 Å². The van der Waals surface area contributed by atoms with E-state index in [9.17, 15) is 4.79 Å². The average Bonchev–Trinajstić information content (AvgIpc) is 2.92. The smallest absolute Gasteiger partial charge is 0.268 e. The highest BCUT2D eigenvalue weighted by molar-refractivity contribution is 6.01. The van der Waals surface area contributed by atoms with Crippen LogP contribution in [0.1, 0.15) is 41.2 Å². The molecule has 24 heavy (non-hydrogen) atoms. The standard InChI is InChI=1S/C20H23N3O/c1-4-15-9-10-18-17(12-15)14(3)19(23(18)5-2)20(24)22-13-16-8-6-7-11-21-16/h6-12H,4-5,13H2,1-3H3,(H,22,24). The zero-order valence-electron chi connectivity index (χ0n) is 14.5. The molecule has 1 N–H and O–H groups in total. The number of hydrogen-bond acceptors (Lipinski definition) is 2. The Morgan fingerprint density at radius 3 is 2.71 bits per heavy atom. The van der Waals surface area contributed by atoms with E-state index in [0.717, 1.165) is 35.4 Å². The van der Waals surface area contributed by atoms with Crippen LogP contribution < -0.4 is 5.32 Å². The molecular formula is C20H23N3O. The lowest BCUT2D eigenvalue weighted by atomic mass is 10.1. The van der Waals surface area contributed by atoms with Crippen LogP contribution in [0.4, 0.5) is 0 Å². The second-order valence-electron chi connectivity index (χ2n) is 5.93. The van der Waals surface area contributed by atoms with E-state index in [2.05, 4.69) is 46.9 Å². The van der Waals surface area contributed by atoms with E-state index < -0.39 is 0 Å². The van der Waals surface area contributed by atoms with Gasteiger partial charge in [0.15, 0.2) is 0 Å². The highest BCUT2D eigenvalue weighted by Crippen LogP contribution is 2.27. The molecule has 0 radical (unpaired) electrons. The monoisotopic (exact) mass is 321 g/mol. The predicted molar refractivity (Wildman–Crippen MR) is 97.1 cm³/mol. The molecule has 0 fully saturated rings. The SMILES string of the molecule is CCc1ccc2c(c1)c(C)c(C(=O)NCc1ccccn1)n2CC. The number of fused-ring (bicyclic) bond motifs is 1. The van der Waals surface area contributed by atoms with E-state index in [0.29, 0.717) is 6.54 Å². The minimum Gasteiger partial charge on any atom is -0.345 e. The van der Waals surface area contributed by atoms with E-state index in [4.69, 9.17) is 0 Å². The molecule has 4 nitrogen and oxygen atoms in total. The minimum atomic E-state index is -0.0470. The molecule has 0 aliphatic rings. The van der Waals surface area contributed by atoms with Crippen LogP contribution in [0.2, 0.25) is 0 Å². The van der Waals surface area contributed by atoms with Gasteiger partial charge in [0.05, 0.1) is 12.2 Å². The summed E-state index contributed by atoms with van der Waals surface area (Å²) in [5.41, 5.74) is 5.06. The molecule has 1 amide bonds. The van der Waals surface area contributed by atoms with Gasteiger partial charge in [-0.3, -0.25) is 9.78 Å². The summed E-state index contributed by atoms with van der Waals surface area (Å²) < 4.78 is 2.10. The maximum absolute atomic E-state index is 12.8. The molecule has 1 aromatic carbocycles. The fourth-order valence-electron chi connectivity index (χ4n) is 3.17. The number of nitrogens with one attached hydrogen (secondary N) is 1. The number of rotatable bonds is 5. The van der Waals surface area contributed by atoms with Crippen LogP contribution in [0.5, 0.6) is 0 Å². The average molecular weight is 321 g/mol. The van der Waals surface area contributed by atoms with Gasteiger partial charge in [0, 0.05) is 23.6 Å². The van der Waals surface area contributed by atoms with Crippen molar-refractivity contribution in [3.63, 3.8) is 0 Å². The summed E-state index contributed by atoms with van der Waals surface area (Å²) in [5, 5.41) is 4.16. The third-order valence-corrected chi connectivity index (χ3v) is 4.48. The lowest BCUT2D eigenvalue weighted by molar-refractivity contribution is 0.0941. The predicted octanol–water partition coefficient (Wildman–Crippen LogP) is 3.86. The first kappa shape index (κ1) is 16.2. The Bertz CT molecular complexity index is 865. The van der Waals surface area contributed by atoms with Gasteiger partial charge in [0.1, 0.15) is 5.69 Å². The molecule has 3 aromatic rings. The fraction of sp³-hybridized carbons (Fsp3) is 0.300. The van der Waals surface area contributed by atoms with Crippen molar-refractivity contribution >= 4 is 16.8 Å². The van der Waals surface area contributed by atoms with Crippen molar-refractivity contribution in [1.29, 1.82) is 0 Å². The zero-order valence-corrected chi connectivity index (χ0v) is 14.5. The number of pyridine rings is 1. The second kappa shape index (κ2) is 6.87. The minimum absolute atomic E-state index is 0.0470. The molecule has 0 spiro atoms. The Labute approximate surface area is 142 Å². The molecule has 124 valence electrons. The Balaban J connectivity index is 1.95. The molecule has 0 saturated heterocycles. The summed E-state index contributed by atoms with van der Waals surface area (Å²) in [5.74, 6) is -0.0470. The van der Waals surface area contributed by atoms with Gasteiger partial charge in [0.25, 0.3) is 5.91 Å². The summed E-state index contributed by atoms with van der Waals surface area (Å²) in [7, 11) is 0. The van der Waals surface area contributed by atoms with E-state index in [1.165, 1.54) is 10.9 Å². The van der Waals surface area contributed by atoms with Crippen molar-refractivity contribution in [2.75, 3.05) is 0 Å². The third kappa shape index (κ3) is 2.92. The molecular weight excluding hydrogens is 298 g/mol. The third-order valence-electron chi connectivity index (χ3n) is 4.48. The maximum Gasteiger partial charge on any atom is 0.268 e. The number of aryl methyl sites for hydroxylation is 3. The van der Waals surface area contributed by atoms with E-state index in [1.54, 1.807) is 6.20 Å². The van der Waals surface area contributed by atoms with Crippen molar-refractivity contribution in [3.05, 3.63) is 65.1 Å². The fourth-order valence-corrected chi connectivity index (χ4v) is 3.17. The highest BCUT2D eigenvalue weighted by atomic mass is 16.1. The van der Waals surface area contributed by atoms with Gasteiger partial charge in [-0.05, 0) is 55.7 Å². The van der Waals surface area contributed by atoms with Gasteiger partial charge in [-0.25, -0.2) is 0 Å². The topological polar surface area (TPSA) is 46.9 Å². The number of nitrogens with zero attached hydrogens (tertiary/aromatic N) is 2. The molecule has 0 aliphatic carbocycles. The van der Waals surface area contributed by atoms with Gasteiger partial charge in [-0.15, -0.1) is 0 Å². The van der Waals surface area contributed by atoms with Gasteiger partial charge in [0.2, 0.25) is 0 Å². The molecule has 2 aromatic heterocycles. The maximum atomic E-state index is 12.8. The van der Waals surface area contributed by atoms with E-state index in [1.807, 2.05) is 25.1 Å². The molecule has 0 atom stereocenters. The molecule has 0 saturated carbocycles. The number of amides is 1. The van der Waals surface area contributed by atoms with Crippen LogP contribution >= 0.6 is 0 Å². The first-order valence-electron chi connectivity index (χ1n) is 8.45. The van der Waals surface area contributed by atoms with Gasteiger partial charge < -0.3 is 9.88 Å². The summed E-state index contributed by atoms with van der Waals surface area (Å²) in [4.78, 5) is 17.0. The Morgan fingerprint density at radius 1 is 1.21 bits per heavy atom. The van der Waals surface area contributed by atoms with Gasteiger partial charge >= 0.3 is 0 Å². The van der Waals surface area contributed by atoms with Crippen LogP contribution in [-0.4, -0.2) is 15.5 Å². The van der Waals surface area contributed by atoms with Crippen molar-refractivity contribution in [2.24, 2.45) is 0 Å². The molecule has 3 rings (SSSR count). The highest BCUT2D eigenvalue weighted by Gasteiger charge is 2.19.